The standard InChI is InChI=1S/C13H13N3O/c1-7-6-9(8(2)17-7)13-15-11-5-3-4-10(14)12(11)16-13/h3-6H,14H2,1-2H3,(H,15,16). The Morgan fingerprint density at radius 3 is 2.76 bits per heavy atom. The second-order valence-electron chi connectivity index (χ2n) is 4.16. The van der Waals surface area contributed by atoms with Crippen LogP contribution in [0.15, 0.2) is 28.7 Å². The number of fused-ring (bicyclic) bond motifs is 1. The average Bonchev–Trinajstić information content (AvgIpc) is 2.82. The van der Waals surface area contributed by atoms with Crippen molar-refractivity contribution in [2.24, 2.45) is 0 Å². The highest BCUT2D eigenvalue weighted by Crippen LogP contribution is 2.27. The van der Waals surface area contributed by atoms with Crippen molar-refractivity contribution in [1.29, 1.82) is 0 Å². The number of nitrogens with one attached hydrogen (secondary N) is 1. The van der Waals surface area contributed by atoms with E-state index in [0.717, 1.165) is 33.9 Å². The summed E-state index contributed by atoms with van der Waals surface area (Å²) in [7, 11) is 0. The van der Waals surface area contributed by atoms with Crippen molar-refractivity contribution in [3.63, 3.8) is 0 Å². The highest BCUT2D eigenvalue weighted by molar-refractivity contribution is 5.89. The van der Waals surface area contributed by atoms with E-state index < -0.39 is 0 Å². The molecular formula is C13H13N3O. The third kappa shape index (κ3) is 1.49. The van der Waals surface area contributed by atoms with Gasteiger partial charge in [-0.25, -0.2) is 4.98 Å². The number of aromatic nitrogens is 2. The number of hydrogen-bond acceptors (Lipinski definition) is 3. The summed E-state index contributed by atoms with van der Waals surface area (Å²) >= 11 is 0. The van der Waals surface area contributed by atoms with Crippen molar-refractivity contribution in [1.82, 2.24) is 9.97 Å². The molecule has 4 heteroatoms. The number of nitrogens with two attached hydrogens (primary N) is 1. The number of aryl methyl sites for hydroxylation is 2. The zero-order chi connectivity index (χ0) is 12.0. The number of hydrogen-bond donors (Lipinski definition) is 2. The van der Waals surface area contributed by atoms with E-state index in [9.17, 15) is 0 Å². The quantitative estimate of drug-likeness (QED) is 0.628. The van der Waals surface area contributed by atoms with Gasteiger partial charge < -0.3 is 15.1 Å². The Hall–Kier alpha value is -2.23. The minimum absolute atomic E-state index is 0.683. The number of benzene rings is 1. The Morgan fingerprint density at radius 1 is 1.29 bits per heavy atom. The molecule has 0 unspecified atom stereocenters. The summed E-state index contributed by atoms with van der Waals surface area (Å²) < 4.78 is 5.50. The predicted molar refractivity (Wildman–Crippen MR) is 67.7 cm³/mol. The van der Waals surface area contributed by atoms with Gasteiger partial charge in [-0.2, -0.15) is 0 Å². The topological polar surface area (TPSA) is 67.8 Å². The highest BCUT2D eigenvalue weighted by Gasteiger charge is 2.12. The summed E-state index contributed by atoms with van der Waals surface area (Å²) in [6.07, 6.45) is 0. The average molecular weight is 227 g/mol. The van der Waals surface area contributed by atoms with Crippen molar-refractivity contribution in [2.45, 2.75) is 13.8 Å². The summed E-state index contributed by atoms with van der Waals surface area (Å²) in [5.74, 6) is 2.54. The van der Waals surface area contributed by atoms with Crippen molar-refractivity contribution >= 4 is 16.7 Å². The molecule has 0 aliphatic heterocycles. The molecule has 0 spiro atoms. The molecule has 86 valence electrons. The van der Waals surface area contributed by atoms with Gasteiger partial charge in [-0.05, 0) is 32.0 Å². The zero-order valence-electron chi connectivity index (χ0n) is 9.74. The van der Waals surface area contributed by atoms with Crippen molar-refractivity contribution < 1.29 is 4.42 Å². The molecule has 2 heterocycles. The normalized spacial score (nSPS) is 11.2. The van der Waals surface area contributed by atoms with Gasteiger partial charge >= 0.3 is 0 Å². The van der Waals surface area contributed by atoms with Crippen LogP contribution < -0.4 is 5.73 Å². The predicted octanol–water partition coefficient (Wildman–Crippen LogP) is 3.02. The first-order valence-electron chi connectivity index (χ1n) is 5.47. The number of H-pyrrole nitrogens is 1. The van der Waals surface area contributed by atoms with Gasteiger partial charge in [0.2, 0.25) is 0 Å². The van der Waals surface area contributed by atoms with Crippen LogP contribution in [-0.2, 0) is 0 Å². The first-order chi connectivity index (χ1) is 8.15. The molecule has 0 fully saturated rings. The van der Waals surface area contributed by atoms with Crippen LogP contribution in [0.25, 0.3) is 22.4 Å². The fourth-order valence-electron chi connectivity index (χ4n) is 2.05. The second kappa shape index (κ2) is 3.38. The van der Waals surface area contributed by atoms with Gasteiger partial charge in [-0.15, -0.1) is 0 Å². The van der Waals surface area contributed by atoms with Gasteiger partial charge in [0.25, 0.3) is 0 Å². The first-order valence-corrected chi connectivity index (χ1v) is 5.47. The minimum atomic E-state index is 0.683. The van der Waals surface area contributed by atoms with Gasteiger partial charge in [0, 0.05) is 0 Å². The van der Waals surface area contributed by atoms with Crippen molar-refractivity contribution in [3.8, 4) is 11.4 Å². The van der Waals surface area contributed by atoms with Gasteiger partial charge in [0.1, 0.15) is 22.9 Å². The largest absolute Gasteiger partial charge is 0.466 e. The van der Waals surface area contributed by atoms with E-state index in [4.69, 9.17) is 10.2 Å². The van der Waals surface area contributed by atoms with Crippen LogP contribution in [0, 0.1) is 13.8 Å². The van der Waals surface area contributed by atoms with Gasteiger partial charge in [0.05, 0.1) is 16.8 Å². The Kier molecular flexibility index (Phi) is 1.98. The van der Waals surface area contributed by atoms with E-state index in [-0.39, 0.29) is 0 Å². The van der Waals surface area contributed by atoms with Gasteiger partial charge in [-0.1, -0.05) is 6.07 Å². The van der Waals surface area contributed by atoms with Crippen LogP contribution >= 0.6 is 0 Å². The van der Waals surface area contributed by atoms with E-state index in [0.29, 0.717) is 5.69 Å². The molecule has 2 aromatic heterocycles. The number of furan rings is 1. The third-order valence-corrected chi connectivity index (χ3v) is 2.84. The maximum absolute atomic E-state index is 5.88. The Bertz CT molecular complexity index is 694. The van der Waals surface area contributed by atoms with Crippen LogP contribution in [0.5, 0.6) is 0 Å². The Labute approximate surface area is 98.5 Å². The fraction of sp³-hybridized carbons (Fsp3) is 0.154. The number of imidazole rings is 1. The van der Waals surface area contributed by atoms with Gasteiger partial charge in [0.15, 0.2) is 0 Å². The molecule has 3 aromatic rings. The van der Waals surface area contributed by atoms with Crippen LogP contribution in [-0.4, -0.2) is 9.97 Å². The van der Waals surface area contributed by atoms with E-state index in [1.807, 2.05) is 38.1 Å². The molecule has 0 saturated carbocycles. The molecule has 0 atom stereocenters. The molecule has 0 saturated heterocycles. The minimum Gasteiger partial charge on any atom is -0.466 e. The number of nitrogens with zero attached hydrogens (tertiary/aromatic N) is 1. The van der Waals surface area contributed by atoms with Crippen molar-refractivity contribution in [3.05, 3.63) is 35.8 Å². The molecule has 0 radical (unpaired) electrons. The number of rotatable bonds is 1. The maximum Gasteiger partial charge on any atom is 0.142 e. The summed E-state index contributed by atoms with van der Waals surface area (Å²) in [6, 6.07) is 7.70. The lowest BCUT2D eigenvalue weighted by Gasteiger charge is -1.91. The molecule has 17 heavy (non-hydrogen) atoms. The van der Waals surface area contributed by atoms with Crippen LogP contribution in [0.4, 0.5) is 5.69 Å². The fourth-order valence-corrected chi connectivity index (χ4v) is 2.05. The van der Waals surface area contributed by atoms with E-state index in [2.05, 4.69) is 9.97 Å². The lowest BCUT2D eigenvalue weighted by molar-refractivity contribution is 0.505. The van der Waals surface area contributed by atoms with Crippen LogP contribution in [0.3, 0.4) is 0 Å². The summed E-state index contributed by atoms with van der Waals surface area (Å²) in [6.45, 7) is 3.85. The second-order valence-corrected chi connectivity index (χ2v) is 4.16. The number of para-hydroxylation sites is 1. The monoisotopic (exact) mass is 227 g/mol. The van der Waals surface area contributed by atoms with Gasteiger partial charge in [-0.3, -0.25) is 0 Å². The lowest BCUT2D eigenvalue weighted by atomic mass is 10.2. The smallest absolute Gasteiger partial charge is 0.142 e. The summed E-state index contributed by atoms with van der Waals surface area (Å²) in [5.41, 5.74) is 9.30. The molecule has 0 bridgehead atoms. The molecule has 3 N–H and O–H groups in total. The Morgan fingerprint density at radius 2 is 2.12 bits per heavy atom. The SMILES string of the molecule is Cc1cc(-c2nc3c(N)cccc3[nH]2)c(C)o1. The lowest BCUT2D eigenvalue weighted by Crippen LogP contribution is -1.85. The van der Waals surface area contributed by atoms with Crippen LogP contribution in [0.2, 0.25) is 0 Å². The summed E-state index contributed by atoms with van der Waals surface area (Å²) in [5, 5.41) is 0. The molecule has 0 aliphatic carbocycles. The summed E-state index contributed by atoms with van der Waals surface area (Å²) in [4.78, 5) is 7.77. The first kappa shape index (κ1) is 9.96. The number of aromatic amines is 1. The Balaban J connectivity index is 2.25. The zero-order valence-corrected chi connectivity index (χ0v) is 9.74. The van der Waals surface area contributed by atoms with E-state index >= 15 is 0 Å². The molecular weight excluding hydrogens is 214 g/mol. The maximum atomic E-state index is 5.88. The van der Waals surface area contributed by atoms with Crippen LogP contribution in [0.1, 0.15) is 11.5 Å². The van der Waals surface area contributed by atoms with Crippen molar-refractivity contribution in [2.75, 3.05) is 5.73 Å². The van der Waals surface area contributed by atoms with E-state index in [1.54, 1.807) is 0 Å². The molecule has 1 aromatic carbocycles. The number of anilines is 1. The highest BCUT2D eigenvalue weighted by atomic mass is 16.3. The molecule has 0 amide bonds. The number of nitrogen functional groups attached to an aromatic ring is 1. The molecule has 0 aliphatic rings. The third-order valence-electron chi connectivity index (χ3n) is 2.84. The molecule has 3 rings (SSSR count). The molecule has 4 nitrogen and oxygen atoms in total. The van der Waals surface area contributed by atoms with E-state index in [1.165, 1.54) is 0 Å².